The van der Waals surface area contributed by atoms with Gasteiger partial charge in [-0.2, -0.15) is 0 Å². The van der Waals surface area contributed by atoms with Gasteiger partial charge in [0.05, 0.1) is 13.2 Å². The molecule has 90 valence electrons. The van der Waals surface area contributed by atoms with Gasteiger partial charge in [0.2, 0.25) is 5.88 Å². The lowest BCUT2D eigenvalue weighted by molar-refractivity contribution is 0.160. The number of aliphatic hydroxyl groups excluding tert-OH is 1. The summed E-state index contributed by atoms with van der Waals surface area (Å²) in [5, 5.41) is 12.7. The second-order valence-corrected chi connectivity index (χ2v) is 3.78. The van der Waals surface area contributed by atoms with Gasteiger partial charge < -0.3 is 15.2 Å². The zero-order valence-electron chi connectivity index (χ0n) is 9.94. The van der Waals surface area contributed by atoms with Crippen LogP contribution in [0.15, 0.2) is 18.3 Å². The molecule has 4 nitrogen and oxygen atoms in total. The standard InChI is InChI=1S/C12H20N2O2/c1-3-4-11(15)9-13-7-10-5-6-12(16-2)14-8-10/h5-6,8,11,13,15H,3-4,7,9H2,1-2H3. The third kappa shape index (κ3) is 4.59. The van der Waals surface area contributed by atoms with E-state index in [1.54, 1.807) is 13.3 Å². The van der Waals surface area contributed by atoms with Gasteiger partial charge in [-0.1, -0.05) is 19.4 Å². The zero-order valence-corrected chi connectivity index (χ0v) is 9.94. The maximum atomic E-state index is 9.51. The van der Waals surface area contributed by atoms with Crippen molar-refractivity contribution in [3.63, 3.8) is 0 Å². The van der Waals surface area contributed by atoms with E-state index in [2.05, 4.69) is 17.2 Å². The van der Waals surface area contributed by atoms with Crippen LogP contribution in [-0.2, 0) is 6.54 Å². The topological polar surface area (TPSA) is 54.4 Å². The third-order valence-electron chi connectivity index (χ3n) is 2.34. The summed E-state index contributed by atoms with van der Waals surface area (Å²) in [6.45, 7) is 3.41. The average Bonchev–Trinajstić information content (AvgIpc) is 2.30. The van der Waals surface area contributed by atoms with E-state index in [0.717, 1.165) is 24.9 Å². The second kappa shape index (κ2) is 7.19. The molecular weight excluding hydrogens is 204 g/mol. The van der Waals surface area contributed by atoms with E-state index >= 15 is 0 Å². The molecule has 1 aromatic rings. The molecule has 1 rings (SSSR count). The van der Waals surface area contributed by atoms with Crippen molar-refractivity contribution in [1.82, 2.24) is 10.3 Å². The fraction of sp³-hybridized carbons (Fsp3) is 0.583. The van der Waals surface area contributed by atoms with E-state index in [4.69, 9.17) is 4.74 Å². The molecule has 0 saturated carbocycles. The van der Waals surface area contributed by atoms with Crippen molar-refractivity contribution in [2.24, 2.45) is 0 Å². The first kappa shape index (κ1) is 12.9. The van der Waals surface area contributed by atoms with Gasteiger partial charge in [-0.05, 0) is 12.0 Å². The molecule has 0 spiro atoms. The van der Waals surface area contributed by atoms with Gasteiger partial charge in [0, 0.05) is 25.4 Å². The molecule has 1 heterocycles. The van der Waals surface area contributed by atoms with Crippen LogP contribution in [-0.4, -0.2) is 29.8 Å². The van der Waals surface area contributed by atoms with Crippen molar-refractivity contribution in [2.75, 3.05) is 13.7 Å². The molecule has 0 radical (unpaired) electrons. The lowest BCUT2D eigenvalue weighted by Crippen LogP contribution is -2.26. The van der Waals surface area contributed by atoms with Crippen LogP contribution >= 0.6 is 0 Å². The molecule has 0 bridgehead atoms. The van der Waals surface area contributed by atoms with Crippen LogP contribution in [0, 0.1) is 0 Å². The largest absolute Gasteiger partial charge is 0.481 e. The van der Waals surface area contributed by atoms with E-state index in [1.165, 1.54) is 0 Å². The van der Waals surface area contributed by atoms with Crippen molar-refractivity contribution in [1.29, 1.82) is 0 Å². The first-order valence-corrected chi connectivity index (χ1v) is 5.64. The minimum Gasteiger partial charge on any atom is -0.481 e. The summed E-state index contributed by atoms with van der Waals surface area (Å²) in [7, 11) is 1.60. The Hall–Kier alpha value is -1.13. The maximum absolute atomic E-state index is 9.51. The maximum Gasteiger partial charge on any atom is 0.212 e. The Balaban J connectivity index is 2.26. The predicted octanol–water partition coefficient (Wildman–Crippen LogP) is 1.34. The number of rotatable bonds is 7. The second-order valence-electron chi connectivity index (χ2n) is 3.78. The minimum absolute atomic E-state index is 0.254. The van der Waals surface area contributed by atoms with Gasteiger partial charge in [-0.3, -0.25) is 0 Å². The molecule has 1 aromatic heterocycles. The predicted molar refractivity (Wildman–Crippen MR) is 63.4 cm³/mol. The lowest BCUT2D eigenvalue weighted by atomic mass is 10.2. The van der Waals surface area contributed by atoms with Gasteiger partial charge in [-0.25, -0.2) is 4.98 Å². The minimum atomic E-state index is -0.254. The first-order valence-electron chi connectivity index (χ1n) is 5.64. The summed E-state index contributed by atoms with van der Waals surface area (Å²) in [6, 6.07) is 3.80. The van der Waals surface area contributed by atoms with Crippen LogP contribution < -0.4 is 10.1 Å². The van der Waals surface area contributed by atoms with Crippen LogP contribution in [0.25, 0.3) is 0 Å². The van der Waals surface area contributed by atoms with Crippen molar-refractivity contribution >= 4 is 0 Å². The molecule has 0 aliphatic heterocycles. The molecule has 0 fully saturated rings. The number of aromatic nitrogens is 1. The molecule has 0 aromatic carbocycles. The molecule has 4 heteroatoms. The molecule has 0 saturated heterocycles. The molecule has 0 aliphatic carbocycles. The van der Waals surface area contributed by atoms with E-state index in [1.807, 2.05) is 12.1 Å². The number of hydrogen-bond acceptors (Lipinski definition) is 4. The van der Waals surface area contributed by atoms with Gasteiger partial charge in [0.25, 0.3) is 0 Å². The molecule has 0 aliphatic rings. The van der Waals surface area contributed by atoms with Gasteiger partial charge in [-0.15, -0.1) is 0 Å². The normalized spacial score (nSPS) is 12.4. The summed E-state index contributed by atoms with van der Waals surface area (Å²) in [4.78, 5) is 4.11. The van der Waals surface area contributed by atoms with Crippen LogP contribution in [0.4, 0.5) is 0 Å². The Morgan fingerprint density at radius 1 is 1.50 bits per heavy atom. The Labute approximate surface area is 96.7 Å². The van der Waals surface area contributed by atoms with Gasteiger partial charge in [0.1, 0.15) is 0 Å². The van der Waals surface area contributed by atoms with Crippen LogP contribution in [0.1, 0.15) is 25.3 Å². The fourth-order valence-electron chi connectivity index (χ4n) is 1.45. The summed E-state index contributed by atoms with van der Waals surface area (Å²) >= 11 is 0. The number of pyridine rings is 1. The molecular formula is C12H20N2O2. The van der Waals surface area contributed by atoms with Crippen molar-refractivity contribution < 1.29 is 9.84 Å². The number of hydrogen-bond donors (Lipinski definition) is 2. The number of nitrogens with zero attached hydrogens (tertiary/aromatic N) is 1. The fourth-order valence-corrected chi connectivity index (χ4v) is 1.45. The van der Waals surface area contributed by atoms with E-state index in [-0.39, 0.29) is 6.10 Å². The van der Waals surface area contributed by atoms with Crippen molar-refractivity contribution in [3.05, 3.63) is 23.9 Å². The lowest BCUT2D eigenvalue weighted by Gasteiger charge is -2.10. The van der Waals surface area contributed by atoms with Gasteiger partial charge in [0.15, 0.2) is 0 Å². The highest BCUT2D eigenvalue weighted by Gasteiger charge is 2.01. The smallest absolute Gasteiger partial charge is 0.212 e. The quantitative estimate of drug-likeness (QED) is 0.734. The zero-order chi connectivity index (χ0) is 11.8. The number of aliphatic hydroxyl groups is 1. The Kier molecular flexibility index (Phi) is 5.82. The summed E-state index contributed by atoms with van der Waals surface area (Å²) in [5.41, 5.74) is 1.09. The average molecular weight is 224 g/mol. The van der Waals surface area contributed by atoms with Crippen LogP contribution in [0.5, 0.6) is 5.88 Å². The van der Waals surface area contributed by atoms with E-state index < -0.39 is 0 Å². The molecule has 2 N–H and O–H groups in total. The molecule has 1 atom stereocenters. The Morgan fingerprint density at radius 3 is 2.88 bits per heavy atom. The Morgan fingerprint density at radius 2 is 2.31 bits per heavy atom. The highest BCUT2D eigenvalue weighted by molar-refractivity contribution is 5.17. The molecule has 1 unspecified atom stereocenters. The molecule has 16 heavy (non-hydrogen) atoms. The van der Waals surface area contributed by atoms with Gasteiger partial charge >= 0.3 is 0 Å². The van der Waals surface area contributed by atoms with Crippen molar-refractivity contribution in [3.8, 4) is 5.88 Å². The monoisotopic (exact) mass is 224 g/mol. The number of nitrogens with one attached hydrogen (secondary N) is 1. The Bertz CT molecular complexity index is 288. The third-order valence-corrected chi connectivity index (χ3v) is 2.34. The highest BCUT2D eigenvalue weighted by atomic mass is 16.5. The molecule has 0 amide bonds. The van der Waals surface area contributed by atoms with Crippen molar-refractivity contribution in [2.45, 2.75) is 32.4 Å². The van der Waals surface area contributed by atoms with E-state index in [0.29, 0.717) is 12.4 Å². The number of methoxy groups -OCH3 is 1. The summed E-state index contributed by atoms with van der Waals surface area (Å²) < 4.78 is 4.97. The summed E-state index contributed by atoms with van der Waals surface area (Å²) in [6.07, 6.45) is 3.37. The number of ether oxygens (including phenoxy) is 1. The van der Waals surface area contributed by atoms with Crippen LogP contribution in [0.3, 0.4) is 0 Å². The SMILES string of the molecule is CCCC(O)CNCc1ccc(OC)nc1. The van der Waals surface area contributed by atoms with E-state index in [9.17, 15) is 5.11 Å². The first-order chi connectivity index (χ1) is 7.76. The van der Waals surface area contributed by atoms with Crippen LogP contribution in [0.2, 0.25) is 0 Å². The highest BCUT2D eigenvalue weighted by Crippen LogP contribution is 2.06. The summed E-state index contributed by atoms with van der Waals surface area (Å²) in [5.74, 6) is 0.620.